The van der Waals surface area contributed by atoms with Gasteiger partial charge in [0, 0.05) is 38.9 Å². The van der Waals surface area contributed by atoms with Gasteiger partial charge >= 0.3 is 0 Å². The van der Waals surface area contributed by atoms with Gasteiger partial charge in [-0.3, -0.25) is 0 Å². The maximum absolute atomic E-state index is 5.29. The Morgan fingerprint density at radius 2 is 1.96 bits per heavy atom. The summed E-state index contributed by atoms with van der Waals surface area (Å²) in [5, 5.41) is 3.42. The van der Waals surface area contributed by atoms with E-state index in [1.165, 1.54) is 0 Å². The summed E-state index contributed by atoms with van der Waals surface area (Å²) in [6, 6.07) is 14.1. The van der Waals surface area contributed by atoms with Crippen LogP contribution in [0.1, 0.15) is 12.5 Å². The SMILES string of the molecule is CCNC(=NCc1cccc(OC)c1)N1CCN(c2ccccn2)CC1.I. The third-order valence-corrected chi connectivity index (χ3v) is 4.43. The highest BCUT2D eigenvalue weighted by atomic mass is 127. The molecule has 2 heterocycles. The molecule has 3 rings (SSSR count). The molecule has 7 heteroatoms. The lowest BCUT2D eigenvalue weighted by atomic mass is 10.2. The Kier molecular flexibility index (Phi) is 8.63. The fraction of sp³-hybridized carbons (Fsp3) is 0.400. The van der Waals surface area contributed by atoms with E-state index in [4.69, 9.17) is 9.73 Å². The molecule has 0 radical (unpaired) electrons. The number of aromatic nitrogens is 1. The average molecular weight is 481 g/mol. The smallest absolute Gasteiger partial charge is 0.194 e. The van der Waals surface area contributed by atoms with Crippen LogP contribution in [0.4, 0.5) is 5.82 Å². The van der Waals surface area contributed by atoms with Crippen molar-refractivity contribution in [3.8, 4) is 5.75 Å². The summed E-state index contributed by atoms with van der Waals surface area (Å²) in [5.74, 6) is 2.88. The fourth-order valence-corrected chi connectivity index (χ4v) is 3.05. The summed E-state index contributed by atoms with van der Waals surface area (Å²) in [6.45, 7) is 7.35. The van der Waals surface area contributed by atoms with E-state index in [1.807, 2.05) is 36.5 Å². The second-order valence-electron chi connectivity index (χ2n) is 6.18. The third kappa shape index (κ3) is 5.98. The minimum Gasteiger partial charge on any atom is -0.497 e. The molecule has 1 saturated heterocycles. The Labute approximate surface area is 178 Å². The molecular formula is C20H28IN5O. The van der Waals surface area contributed by atoms with Gasteiger partial charge in [-0.15, -0.1) is 24.0 Å². The van der Waals surface area contributed by atoms with Crippen LogP contribution in [-0.4, -0.2) is 55.7 Å². The van der Waals surface area contributed by atoms with Crippen LogP contribution in [0.2, 0.25) is 0 Å². The summed E-state index contributed by atoms with van der Waals surface area (Å²) in [4.78, 5) is 13.9. The molecule has 2 aromatic rings. The number of rotatable bonds is 5. The molecule has 0 saturated carbocycles. The average Bonchev–Trinajstić information content (AvgIpc) is 2.72. The van der Waals surface area contributed by atoms with Gasteiger partial charge in [-0.2, -0.15) is 0 Å². The van der Waals surface area contributed by atoms with Gasteiger partial charge in [-0.25, -0.2) is 9.98 Å². The zero-order chi connectivity index (χ0) is 18.2. The highest BCUT2D eigenvalue weighted by molar-refractivity contribution is 14.0. The zero-order valence-electron chi connectivity index (χ0n) is 16.0. The Morgan fingerprint density at radius 1 is 1.15 bits per heavy atom. The number of nitrogens with zero attached hydrogens (tertiary/aromatic N) is 4. The van der Waals surface area contributed by atoms with Crippen molar-refractivity contribution in [3.63, 3.8) is 0 Å². The molecule has 0 amide bonds. The van der Waals surface area contributed by atoms with Crippen LogP contribution < -0.4 is 15.0 Å². The first-order valence-corrected chi connectivity index (χ1v) is 9.12. The van der Waals surface area contributed by atoms with E-state index in [0.29, 0.717) is 6.54 Å². The minimum absolute atomic E-state index is 0. The number of nitrogens with one attached hydrogen (secondary N) is 1. The number of guanidine groups is 1. The number of methoxy groups -OCH3 is 1. The van der Waals surface area contributed by atoms with Crippen molar-refractivity contribution >= 4 is 35.8 Å². The van der Waals surface area contributed by atoms with Gasteiger partial charge in [0.2, 0.25) is 0 Å². The predicted molar refractivity (Wildman–Crippen MR) is 121 cm³/mol. The Bertz CT molecular complexity index is 717. The van der Waals surface area contributed by atoms with E-state index in [1.54, 1.807) is 7.11 Å². The van der Waals surface area contributed by atoms with Crippen molar-refractivity contribution in [2.24, 2.45) is 4.99 Å². The van der Waals surface area contributed by atoms with Crippen LogP contribution in [0.3, 0.4) is 0 Å². The van der Waals surface area contributed by atoms with E-state index in [2.05, 4.69) is 39.2 Å². The molecule has 0 atom stereocenters. The van der Waals surface area contributed by atoms with Crippen LogP contribution in [0, 0.1) is 0 Å². The van der Waals surface area contributed by atoms with Crippen LogP contribution in [0.25, 0.3) is 0 Å². The van der Waals surface area contributed by atoms with Gasteiger partial charge < -0.3 is 19.9 Å². The lowest BCUT2D eigenvalue weighted by Crippen LogP contribution is -2.52. The molecule has 1 N–H and O–H groups in total. The molecule has 1 aliphatic heterocycles. The van der Waals surface area contributed by atoms with Crippen molar-refractivity contribution in [3.05, 3.63) is 54.2 Å². The van der Waals surface area contributed by atoms with Crippen LogP contribution in [-0.2, 0) is 6.54 Å². The van der Waals surface area contributed by atoms with Crippen molar-refractivity contribution < 1.29 is 4.74 Å². The van der Waals surface area contributed by atoms with Crippen molar-refractivity contribution in [2.45, 2.75) is 13.5 Å². The Hall–Kier alpha value is -2.03. The highest BCUT2D eigenvalue weighted by Gasteiger charge is 2.20. The van der Waals surface area contributed by atoms with E-state index in [-0.39, 0.29) is 24.0 Å². The predicted octanol–water partition coefficient (Wildman–Crippen LogP) is 3.00. The molecule has 1 fully saturated rings. The first kappa shape index (κ1) is 21.3. The van der Waals surface area contributed by atoms with E-state index < -0.39 is 0 Å². The van der Waals surface area contributed by atoms with Crippen molar-refractivity contribution in [1.29, 1.82) is 0 Å². The molecule has 146 valence electrons. The summed E-state index contributed by atoms with van der Waals surface area (Å²) in [5.41, 5.74) is 1.15. The summed E-state index contributed by atoms with van der Waals surface area (Å²) >= 11 is 0. The fourth-order valence-electron chi connectivity index (χ4n) is 3.05. The normalized spacial score (nSPS) is 14.5. The van der Waals surface area contributed by atoms with Crippen LogP contribution >= 0.6 is 24.0 Å². The minimum atomic E-state index is 0. The largest absolute Gasteiger partial charge is 0.497 e. The number of pyridine rings is 1. The maximum atomic E-state index is 5.29. The summed E-state index contributed by atoms with van der Waals surface area (Å²) in [7, 11) is 1.69. The number of hydrogen-bond donors (Lipinski definition) is 1. The molecule has 27 heavy (non-hydrogen) atoms. The lowest BCUT2D eigenvalue weighted by Gasteiger charge is -2.37. The number of anilines is 1. The second-order valence-corrected chi connectivity index (χ2v) is 6.18. The van der Waals surface area contributed by atoms with Gasteiger partial charge in [-0.1, -0.05) is 18.2 Å². The van der Waals surface area contributed by atoms with Crippen molar-refractivity contribution in [2.75, 3.05) is 44.7 Å². The number of piperazine rings is 1. The highest BCUT2D eigenvalue weighted by Crippen LogP contribution is 2.15. The second kappa shape index (κ2) is 11.0. The molecule has 1 aliphatic rings. The van der Waals surface area contributed by atoms with Crippen LogP contribution in [0.15, 0.2) is 53.7 Å². The number of benzene rings is 1. The Morgan fingerprint density at radius 3 is 2.63 bits per heavy atom. The maximum Gasteiger partial charge on any atom is 0.194 e. The number of halogens is 1. The van der Waals surface area contributed by atoms with Gasteiger partial charge in [0.15, 0.2) is 5.96 Å². The molecule has 0 aliphatic carbocycles. The summed E-state index contributed by atoms with van der Waals surface area (Å²) < 4.78 is 5.29. The standard InChI is InChI=1S/C20H27N5O.HI/c1-3-21-20(23-16-17-7-6-8-18(15-17)26-2)25-13-11-24(12-14-25)19-9-4-5-10-22-19;/h4-10,15H,3,11-14,16H2,1-2H3,(H,21,23);1H. The van der Waals surface area contributed by atoms with E-state index >= 15 is 0 Å². The van der Waals surface area contributed by atoms with Gasteiger partial charge in [0.05, 0.1) is 13.7 Å². The monoisotopic (exact) mass is 481 g/mol. The molecule has 6 nitrogen and oxygen atoms in total. The number of ether oxygens (including phenoxy) is 1. The summed E-state index contributed by atoms with van der Waals surface area (Å²) in [6.07, 6.45) is 1.85. The quantitative estimate of drug-likeness (QED) is 0.405. The van der Waals surface area contributed by atoms with Crippen LogP contribution in [0.5, 0.6) is 5.75 Å². The zero-order valence-corrected chi connectivity index (χ0v) is 18.3. The van der Waals surface area contributed by atoms with Crippen molar-refractivity contribution in [1.82, 2.24) is 15.2 Å². The van der Waals surface area contributed by atoms with Gasteiger partial charge in [0.25, 0.3) is 0 Å². The molecule has 0 bridgehead atoms. The third-order valence-electron chi connectivity index (χ3n) is 4.43. The topological polar surface area (TPSA) is 53.0 Å². The lowest BCUT2D eigenvalue weighted by molar-refractivity contribution is 0.371. The first-order valence-electron chi connectivity index (χ1n) is 9.12. The molecule has 1 aromatic heterocycles. The number of hydrogen-bond acceptors (Lipinski definition) is 4. The molecule has 0 unspecified atom stereocenters. The Balaban J connectivity index is 0.00000261. The molecular weight excluding hydrogens is 453 g/mol. The van der Waals surface area contributed by atoms with Gasteiger partial charge in [0.1, 0.15) is 11.6 Å². The van der Waals surface area contributed by atoms with Gasteiger partial charge in [-0.05, 0) is 36.8 Å². The molecule has 1 aromatic carbocycles. The molecule has 0 spiro atoms. The first-order chi connectivity index (χ1) is 12.8. The number of aliphatic imine (C=N–C) groups is 1. The van der Waals surface area contributed by atoms with E-state index in [9.17, 15) is 0 Å². The van der Waals surface area contributed by atoms with E-state index in [0.717, 1.165) is 55.8 Å².